The van der Waals surface area contributed by atoms with Crippen LogP contribution in [0.4, 0.5) is 100.0 Å². The molecule has 6 aliphatic rings. The average molecular weight is 1050 g/mol. The van der Waals surface area contributed by atoms with Crippen molar-refractivity contribution in [1.82, 2.24) is 15.0 Å². The molecule has 0 saturated heterocycles. The fourth-order valence-electron chi connectivity index (χ4n) is 12.5. The number of hydrogen-bond donors (Lipinski definition) is 0. The second-order valence-corrected chi connectivity index (χ2v) is 20.6. The lowest BCUT2D eigenvalue weighted by Gasteiger charge is -2.74. The molecule has 4 fully saturated rings. The van der Waals surface area contributed by atoms with E-state index in [4.69, 9.17) is 0 Å². The van der Waals surface area contributed by atoms with Crippen molar-refractivity contribution in [2.45, 2.75) is 96.5 Å². The molecule has 0 atom stereocenters. The quantitative estimate of drug-likeness (QED) is 0.161. The van der Waals surface area contributed by atoms with Crippen LogP contribution in [-0.4, -0.2) is 67.5 Å². The van der Waals surface area contributed by atoms with Crippen LogP contribution in [0, 0.1) is 0 Å². The molecule has 1 aromatic heterocycles. The SMILES string of the molecule is CC1(C)c2ccccc2N(c2ccc(-c3nc(-c4ccc(N5c6ccccc6C(C)(C)c6ccccc65)cc4)nc(C45C(F)(F)C6(F)C(F)(F)C(F)(C(F)(F)C(F)(C6(F)F)C4(F)F)C5(F)F)n3)cc2)c2ccccc21. The molecule has 5 nitrogen and oxygen atoms in total. The molecule has 4 saturated carbocycles. The Kier molecular flexibility index (Phi) is 9.25. The molecule has 0 spiro atoms. The zero-order valence-corrected chi connectivity index (χ0v) is 39.3. The normalized spacial score (nSPS) is 28.7. The van der Waals surface area contributed by atoms with E-state index in [0.717, 1.165) is 46.5 Å². The Labute approximate surface area is 416 Å². The molecule has 7 aromatic rings. The molecule has 6 aromatic carbocycles. The van der Waals surface area contributed by atoms with Gasteiger partial charge < -0.3 is 9.80 Å². The Morgan fingerprint density at radius 3 is 0.827 bits per heavy atom. The first-order chi connectivity index (χ1) is 34.9. The number of aromatic nitrogens is 3. The fraction of sp³-hybridized carbons (Fsp3) is 0.291. The van der Waals surface area contributed by atoms with E-state index >= 15 is 65.9 Å². The van der Waals surface area contributed by atoms with E-state index in [0.29, 0.717) is 34.1 Å². The van der Waals surface area contributed by atoms with Gasteiger partial charge in [-0.2, -0.15) is 26.3 Å². The van der Waals surface area contributed by atoms with Crippen molar-refractivity contribution in [3.8, 4) is 22.8 Å². The molecule has 0 N–H and O–H groups in total. The number of rotatable bonds is 5. The van der Waals surface area contributed by atoms with Crippen LogP contribution >= 0.6 is 0 Å². The minimum atomic E-state index is -7.98. The molecule has 4 aliphatic carbocycles. The monoisotopic (exact) mass is 1050 g/mol. The third-order valence-electron chi connectivity index (χ3n) is 16.3. The van der Waals surface area contributed by atoms with Gasteiger partial charge in [-0.15, -0.1) is 0 Å². The number of fused-ring (bicyclic) bond motifs is 4. The van der Waals surface area contributed by atoms with Gasteiger partial charge in [0.25, 0.3) is 0 Å². The number of alkyl halides is 15. The maximum atomic E-state index is 17.0. The van der Waals surface area contributed by atoms with Crippen molar-refractivity contribution in [2.75, 3.05) is 9.80 Å². The molecule has 4 bridgehead atoms. The minimum absolute atomic E-state index is 0.346. The van der Waals surface area contributed by atoms with Gasteiger partial charge in [-0.25, -0.2) is 54.5 Å². The van der Waals surface area contributed by atoms with E-state index in [-0.39, 0.29) is 0 Å². The van der Waals surface area contributed by atoms with Crippen LogP contribution in [-0.2, 0) is 16.2 Å². The first kappa shape index (κ1) is 48.8. The summed E-state index contributed by atoms with van der Waals surface area (Å²) < 4.78 is 247. The summed E-state index contributed by atoms with van der Waals surface area (Å²) in [6, 6.07) is 38.9. The predicted octanol–water partition coefficient (Wildman–Crippen LogP) is 15.6. The van der Waals surface area contributed by atoms with Crippen LogP contribution in [0.2, 0.25) is 0 Å². The molecule has 13 rings (SSSR count). The van der Waals surface area contributed by atoms with Gasteiger partial charge in [0.2, 0.25) is 5.41 Å². The van der Waals surface area contributed by atoms with E-state index in [1.54, 1.807) is 58.3 Å². The van der Waals surface area contributed by atoms with Gasteiger partial charge in [-0.05, 0) is 95.1 Å². The summed E-state index contributed by atoms with van der Waals surface area (Å²) in [5.41, 5.74) is -25.9. The second-order valence-electron chi connectivity index (χ2n) is 20.6. The Hall–Kier alpha value is -7.12. The van der Waals surface area contributed by atoms with Crippen molar-refractivity contribution in [2.24, 2.45) is 0 Å². The third-order valence-corrected chi connectivity index (χ3v) is 16.3. The summed E-state index contributed by atoms with van der Waals surface area (Å²) in [6.07, 6.45) is 0. The van der Waals surface area contributed by atoms with Gasteiger partial charge in [0.15, 0.2) is 17.5 Å². The molecule has 20 heteroatoms. The van der Waals surface area contributed by atoms with Crippen LogP contribution < -0.4 is 9.80 Å². The largest absolute Gasteiger partial charge is 0.339 e. The van der Waals surface area contributed by atoms with Crippen LogP contribution in [0.25, 0.3) is 22.8 Å². The summed E-state index contributed by atoms with van der Waals surface area (Å²) in [7, 11) is 0. The molecular formula is C55H36F15N5. The first-order valence-electron chi connectivity index (χ1n) is 23.2. The van der Waals surface area contributed by atoms with Gasteiger partial charge in [0.1, 0.15) is 0 Å². The van der Waals surface area contributed by atoms with Crippen molar-refractivity contribution >= 4 is 34.1 Å². The number of nitrogens with zero attached hydrogens (tertiary/aromatic N) is 5. The van der Waals surface area contributed by atoms with Crippen LogP contribution in [0.1, 0.15) is 55.8 Å². The number of para-hydroxylation sites is 4. The van der Waals surface area contributed by atoms with Gasteiger partial charge in [0, 0.05) is 33.3 Å². The predicted molar refractivity (Wildman–Crippen MR) is 247 cm³/mol. The maximum Gasteiger partial charge on any atom is 0.339 e. The van der Waals surface area contributed by atoms with Crippen molar-refractivity contribution in [3.63, 3.8) is 0 Å². The highest BCUT2D eigenvalue weighted by Crippen LogP contribution is 2.90. The first-order valence-corrected chi connectivity index (χ1v) is 23.2. The van der Waals surface area contributed by atoms with Crippen molar-refractivity contribution in [3.05, 3.63) is 174 Å². The average Bonchev–Trinajstić information content (AvgIpc) is 3.56. The topological polar surface area (TPSA) is 45.2 Å². The second kappa shape index (κ2) is 14.2. The lowest BCUT2D eigenvalue weighted by molar-refractivity contribution is -0.596. The summed E-state index contributed by atoms with van der Waals surface area (Å²) in [5.74, 6) is -52.8. The number of hydrogen-bond acceptors (Lipinski definition) is 5. The van der Waals surface area contributed by atoms with E-state index in [2.05, 4.69) is 15.0 Å². The Balaban J connectivity index is 1.08. The van der Waals surface area contributed by atoms with Crippen LogP contribution in [0.15, 0.2) is 146 Å². The maximum absolute atomic E-state index is 17.0. The van der Waals surface area contributed by atoms with E-state index in [1.807, 2.05) is 76.2 Å². The summed E-state index contributed by atoms with van der Waals surface area (Å²) in [4.78, 5) is 14.4. The highest BCUT2D eigenvalue weighted by Gasteiger charge is 3.23. The van der Waals surface area contributed by atoms with E-state index in [9.17, 15) is 0 Å². The summed E-state index contributed by atoms with van der Waals surface area (Å²) in [6.45, 7) is 7.96. The van der Waals surface area contributed by atoms with E-state index < -0.39 is 97.4 Å². The van der Waals surface area contributed by atoms with Crippen LogP contribution in [0.3, 0.4) is 0 Å². The zero-order chi connectivity index (χ0) is 53.9. The summed E-state index contributed by atoms with van der Waals surface area (Å²) in [5, 5.41) is 0. The molecule has 75 heavy (non-hydrogen) atoms. The van der Waals surface area contributed by atoms with Crippen LogP contribution in [0.5, 0.6) is 0 Å². The van der Waals surface area contributed by atoms with E-state index in [1.165, 1.54) is 24.3 Å². The Bertz CT molecular complexity index is 3180. The molecule has 0 radical (unpaired) electrons. The molecule has 3 heterocycles. The molecule has 2 aliphatic heterocycles. The number of halogens is 15. The van der Waals surface area contributed by atoms with Crippen molar-refractivity contribution < 1.29 is 65.9 Å². The lowest BCUT2D eigenvalue weighted by Crippen LogP contribution is -3.08. The minimum Gasteiger partial charge on any atom is -0.310 e. The van der Waals surface area contributed by atoms with Gasteiger partial charge in [-0.3, -0.25) is 0 Å². The highest BCUT2D eigenvalue weighted by atomic mass is 19.3. The zero-order valence-electron chi connectivity index (χ0n) is 39.3. The fourth-order valence-corrected chi connectivity index (χ4v) is 12.5. The highest BCUT2D eigenvalue weighted by molar-refractivity contribution is 5.88. The smallest absolute Gasteiger partial charge is 0.310 e. The molecule has 386 valence electrons. The third kappa shape index (κ3) is 4.93. The Morgan fingerprint density at radius 1 is 0.307 bits per heavy atom. The Morgan fingerprint density at radius 2 is 0.560 bits per heavy atom. The lowest BCUT2D eigenvalue weighted by atomic mass is 9.36. The van der Waals surface area contributed by atoms with Gasteiger partial charge in [0.05, 0.1) is 22.7 Å². The standard InChI is InChI=1S/C55H36F15N5/c1-44(2)33-13-5-9-17-37(33)74(38-18-10-6-14-34(38)44)31-25-21-29(22-26-31)41-71-42(30-23-27-32(28-24-30)75-39-19-11-7-15-35(39)45(3,4)36-16-8-12-20-40(36)75)73-43(72-41)46-50(59,60)47(56)53(65,66)48(57,51(46,61)62)55(69,70)49(58,52(46,63)64)54(47,67)68/h5-28H,1-4H3. The molecular weight excluding hydrogens is 1020 g/mol. The number of anilines is 6. The van der Waals surface area contributed by atoms with Gasteiger partial charge in [-0.1, -0.05) is 100 Å². The summed E-state index contributed by atoms with van der Waals surface area (Å²) >= 11 is 0. The molecule has 0 amide bonds. The van der Waals surface area contributed by atoms with Crippen molar-refractivity contribution in [1.29, 1.82) is 0 Å². The molecule has 0 unspecified atom stereocenters. The number of benzene rings is 6. The van der Waals surface area contributed by atoms with Gasteiger partial charge >= 0.3 is 52.5 Å².